The zero-order chi connectivity index (χ0) is 10.6. The Hall–Kier alpha value is -1.64. The van der Waals surface area contributed by atoms with Gasteiger partial charge in [0.25, 0.3) is 0 Å². The van der Waals surface area contributed by atoms with Crippen molar-refractivity contribution in [1.82, 2.24) is 5.43 Å². The first-order valence-electron chi connectivity index (χ1n) is 4.46. The molecule has 0 fully saturated rings. The number of carbonyl (C=O) groups is 1. The molecular formula is C11H14N2O. The van der Waals surface area contributed by atoms with Crippen molar-refractivity contribution in [3.63, 3.8) is 0 Å². The molecule has 0 saturated heterocycles. The molecule has 3 nitrogen and oxygen atoms in total. The smallest absolute Gasteiger partial charge is 0.236 e. The summed E-state index contributed by atoms with van der Waals surface area (Å²) in [6.07, 6.45) is 1.65. The molecule has 14 heavy (non-hydrogen) atoms. The Morgan fingerprint density at radius 2 is 2.14 bits per heavy atom. The molecule has 0 aromatic heterocycles. The molecule has 1 amide bonds. The van der Waals surface area contributed by atoms with E-state index in [1.165, 1.54) is 12.5 Å². The molecule has 0 atom stereocenters. The summed E-state index contributed by atoms with van der Waals surface area (Å²) in [4.78, 5) is 10.5. The first-order chi connectivity index (χ1) is 6.59. The summed E-state index contributed by atoms with van der Waals surface area (Å²) in [5.74, 6) is -0.161. The highest BCUT2D eigenvalue weighted by Crippen LogP contribution is 2.07. The van der Waals surface area contributed by atoms with Gasteiger partial charge >= 0.3 is 0 Å². The molecule has 1 aromatic rings. The molecule has 0 saturated carbocycles. The Kier molecular flexibility index (Phi) is 3.40. The molecule has 1 aromatic carbocycles. The molecule has 0 aliphatic heterocycles. The van der Waals surface area contributed by atoms with Gasteiger partial charge in [0.1, 0.15) is 0 Å². The van der Waals surface area contributed by atoms with Gasteiger partial charge in [-0.3, -0.25) is 4.79 Å². The topological polar surface area (TPSA) is 41.5 Å². The minimum Gasteiger partial charge on any atom is -0.274 e. The fourth-order valence-corrected chi connectivity index (χ4v) is 1.16. The van der Waals surface area contributed by atoms with E-state index in [4.69, 9.17) is 0 Å². The maximum absolute atomic E-state index is 10.5. The van der Waals surface area contributed by atoms with Crippen LogP contribution in [-0.2, 0) is 4.79 Å². The third-order valence-electron chi connectivity index (χ3n) is 1.85. The van der Waals surface area contributed by atoms with Gasteiger partial charge in [0.05, 0.1) is 6.21 Å². The van der Waals surface area contributed by atoms with Gasteiger partial charge in [0.15, 0.2) is 0 Å². The van der Waals surface area contributed by atoms with Crippen LogP contribution in [0.3, 0.4) is 0 Å². The van der Waals surface area contributed by atoms with Crippen molar-refractivity contribution in [1.29, 1.82) is 0 Å². The average Bonchev–Trinajstić information content (AvgIpc) is 2.08. The first kappa shape index (κ1) is 10.4. The van der Waals surface area contributed by atoms with E-state index in [9.17, 15) is 4.79 Å². The number of hydrogen-bond donors (Lipinski definition) is 1. The van der Waals surface area contributed by atoms with Gasteiger partial charge in [-0.05, 0) is 25.0 Å². The number of amides is 1. The Bertz CT molecular complexity index is 370. The lowest BCUT2D eigenvalue weighted by molar-refractivity contribution is -0.118. The Balaban J connectivity index is 2.76. The molecule has 0 unspecified atom stereocenters. The number of hydrogen-bond acceptors (Lipinski definition) is 2. The van der Waals surface area contributed by atoms with Crippen LogP contribution < -0.4 is 5.43 Å². The van der Waals surface area contributed by atoms with E-state index in [0.29, 0.717) is 0 Å². The van der Waals surface area contributed by atoms with E-state index in [1.54, 1.807) is 6.21 Å². The van der Waals surface area contributed by atoms with Crippen molar-refractivity contribution in [2.75, 3.05) is 0 Å². The van der Waals surface area contributed by atoms with Crippen LogP contribution in [0.25, 0.3) is 0 Å². The largest absolute Gasteiger partial charge is 0.274 e. The molecule has 74 valence electrons. The third kappa shape index (κ3) is 3.01. The standard InChI is InChI=1S/C11H14N2O/c1-8-4-5-11(9(2)6-8)7-12-13-10(3)14/h4-7H,1-3H3,(H,13,14)/b12-7-. The summed E-state index contributed by atoms with van der Waals surface area (Å²) < 4.78 is 0. The van der Waals surface area contributed by atoms with Crippen LogP contribution in [0.5, 0.6) is 0 Å². The van der Waals surface area contributed by atoms with Crippen LogP contribution in [0.1, 0.15) is 23.6 Å². The minimum atomic E-state index is -0.161. The molecule has 1 rings (SSSR count). The van der Waals surface area contributed by atoms with E-state index in [-0.39, 0.29) is 5.91 Å². The second-order valence-electron chi connectivity index (χ2n) is 3.29. The van der Waals surface area contributed by atoms with E-state index in [0.717, 1.165) is 11.1 Å². The molecule has 0 bridgehead atoms. The average molecular weight is 190 g/mol. The Labute approximate surface area is 83.8 Å². The minimum absolute atomic E-state index is 0.161. The van der Waals surface area contributed by atoms with Crippen molar-refractivity contribution in [2.24, 2.45) is 5.10 Å². The van der Waals surface area contributed by atoms with Crippen molar-refractivity contribution in [3.8, 4) is 0 Å². The monoisotopic (exact) mass is 190 g/mol. The lowest BCUT2D eigenvalue weighted by Gasteiger charge is -2.00. The van der Waals surface area contributed by atoms with Gasteiger partial charge in [-0.1, -0.05) is 23.8 Å². The summed E-state index contributed by atoms with van der Waals surface area (Å²) >= 11 is 0. The second kappa shape index (κ2) is 4.56. The summed E-state index contributed by atoms with van der Waals surface area (Å²) in [6, 6.07) is 6.08. The summed E-state index contributed by atoms with van der Waals surface area (Å²) in [5, 5.41) is 3.81. The number of aryl methyl sites for hydroxylation is 2. The van der Waals surface area contributed by atoms with Gasteiger partial charge < -0.3 is 0 Å². The summed E-state index contributed by atoms with van der Waals surface area (Å²) in [6.45, 7) is 5.49. The number of benzene rings is 1. The van der Waals surface area contributed by atoms with Crippen LogP contribution in [0.4, 0.5) is 0 Å². The van der Waals surface area contributed by atoms with Crippen molar-refractivity contribution < 1.29 is 4.79 Å². The molecule has 3 heteroatoms. The SMILES string of the molecule is CC(=O)N/N=C\c1ccc(C)cc1C. The molecule has 0 heterocycles. The van der Waals surface area contributed by atoms with E-state index >= 15 is 0 Å². The Morgan fingerprint density at radius 1 is 1.43 bits per heavy atom. The molecular weight excluding hydrogens is 176 g/mol. The van der Waals surface area contributed by atoms with Crippen molar-refractivity contribution >= 4 is 12.1 Å². The number of nitrogens with one attached hydrogen (secondary N) is 1. The lowest BCUT2D eigenvalue weighted by Crippen LogP contribution is -2.12. The zero-order valence-electron chi connectivity index (χ0n) is 8.66. The molecule has 0 spiro atoms. The fraction of sp³-hybridized carbons (Fsp3) is 0.273. The van der Waals surface area contributed by atoms with Crippen molar-refractivity contribution in [2.45, 2.75) is 20.8 Å². The van der Waals surface area contributed by atoms with Gasteiger partial charge in [-0.25, -0.2) is 5.43 Å². The van der Waals surface area contributed by atoms with Gasteiger partial charge in [0, 0.05) is 6.92 Å². The van der Waals surface area contributed by atoms with Crippen LogP contribution in [0.2, 0.25) is 0 Å². The van der Waals surface area contributed by atoms with E-state index in [1.807, 2.05) is 26.0 Å². The first-order valence-corrected chi connectivity index (χ1v) is 4.46. The van der Waals surface area contributed by atoms with Crippen LogP contribution >= 0.6 is 0 Å². The highest BCUT2D eigenvalue weighted by Gasteiger charge is 1.94. The quantitative estimate of drug-likeness (QED) is 0.560. The highest BCUT2D eigenvalue weighted by atomic mass is 16.2. The fourth-order valence-electron chi connectivity index (χ4n) is 1.16. The maximum Gasteiger partial charge on any atom is 0.236 e. The van der Waals surface area contributed by atoms with E-state index < -0.39 is 0 Å². The normalized spacial score (nSPS) is 10.5. The predicted molar refractivity (Wildman–Crippen MR) is 57.3 cm³/mol. The summed E-state index contributed by atoms with van der Waals surface area (Å²) in [5.41, 5.74) is 5.76. The van der Waals surface area contributed by atoms with Gasteiger partial charge in [-0.15, -0.1) is 0 Å². The molecule has 0 aliphatic rings. The second-order valence-corrected chi connectivity index (χ2v) is 3.29. The van der Waals surface area contributed by atoms with Crippen LogP contribution in [-0.4, -0.2) is 12.1 Å². The number of nitrogens with zero attached hydrogens (tertiary/aromatic N) is 1. The maximum atomic E-state index is 10.5. The van der Waals surface area contributed by atoms with Gasteiger partial charge in [-0.2, -0.15) is 5.10 Å². The van der Waals surface area contributed by atoms with Crippen LogP contribution in [0.15, 0.2) is 23.3 Å². The number of rotatable bonds is 2. The van der Waals surface area contributed by atoms with E-state index in [2.05, 4.69) is 16.6 Å². The van der Waals surface area contributed by atoms with Crippen LogP contribution in [0, 0.1) is 13.8 Å². The molecule has 0 aliphatic carbocycles. The molecule has 1 N–H and O–H groups in total. The highest BCUT2D eigenvalue weighted by molar-refractivity contribution is 5.83. The Morgan fingerprint density at radius 3 is 2.71 bits per heavy atom. The lowest BCUT2D eigenvalue weighted by atomic mass is 10.1. The number of carbonyl (C=O) groups excluding carboxylic acids is 1. The summed E-state index contributed by atoms with van der Waals surface area (Å²) in [7, 11) is 0. The van der Waals surface area contributed by atoms with Crippen molar-refractivity contribution in [3.05, 3.63) is 34.9 Å². The zero-order valence-corrected chi connectivity index (χ0v) is 8.66. The molecule has 0 radical (unpaired) electrons. The third-order valence-corrected chi connectivity index (χ3v) is 1.85. The van der Waals surface area contributed by atoms with Gasteiger partial charge in [0.2, 0.25) is 5.91 Å². The predicted octanol–water partition coefficient (Wildman–Crippen LogP) is 1.77. The number of hydrazone groups is 1.